The number of aryl methyl sites for hydroxylation is 1. The summed E-state index contributed by atoms with van der Waals surface area (Å²) in [4.78, 5) is 40.4. The highest BCUT2D eigenvalue weighted by molar-refractivity contribution is 5.97. The highest BCUT2D eigenvalue weighted by Gasteiger charge is 2.31. The first kappa shape index (κ1) is 19.4. The molecule has 2 aliphatic heterocycles. The lowest BCUT2D eigenvalue weighted by atomic mass is 9.95. The van der Waals surface area contributed by atoms with Gasteiger partial charge in [-0.25, -0.2) is 0 Å². The first-order valence-electron chi connectivity index (χ1n) is 9.76. The van der Waals surface area contributed by atoms with Crippen molar-refractivity contribution in [2.24, 2.45) is 5.92 Å². The molecule has 0 aromatic heterocycles. The van der Waals surface area contributed by atoms with E-state index in [2.05, 4.69) is 0 Å². The Labute approximate surface area is 160 Å². The van der Waals surface area contributed by atoms with Gasteiger partial charge in [0.15, 0.2) is 12.4 Å². The number of ketones is 1. The smallest absolute Gasteiger partial charge is 0.260 e. The van der Waals surface area contributed by atoms with Crippen LogP contribution >= 0.6 is 0 Å². The molecule has 2 amide bonds. The molecule has 27 heavy (non-hydrogen) atoms. The molecular formula is C21H28N2O4. The molecule has 2 heterocycles. The quantitative estimate of drug-likeness (QED) is 0.745. The van der Waals surface area contributed by atoms with E-state index in [4.69, 9.17) is 4.74 Å². The summed E-state index contributed by atoms with van der Waals surface area (Å²) in [6.45, 7) is 6.23. The van der Waals surface area contributed by atoms with Crippen LogP contribution in [0.25, 0.3) is 0 Å². The maximum atomic E-state index is 12.5. The van der Waals surface area contributed by atoms with E-state index in [0.717, 1.165) is 31.5 Å². The van der Waals surface area contributed by atoms with Gasteiger partial charge in [0.05, 0.1) is 5.56 Å². The highest BCUT2D eigenvalue weighted by atomic mass is 16.5. The molecule has 0 atom stereocenters. The molecule has 0 saturated carbocycles. The predicted octanol–water partition coefficient (Wildman–Crippen LogP) is 2.44. The van der Waals surface area contributed by atoms with Gasteiger partial charge in [-0.2, -0.15) is 0 Å². The van der Waals surface area contributed by atoms with Gasteiger partial charge >= 0.3 is 0 Å². The number of amides is 2. The third-order valence-electron chi connectivity index (χ3n) is 5.48. The lowest BCUT2D eigenvalue weighted by Gasteiger charge is -2.33. The number of piperidine rings is 1. The molecule has 6 nitrogen and oxygen atoms in total. The Morgan fingerprint density at radius 2 is 1.70 bits per heavy atom. The molecule has 0 bridgehead atoms. The Kier molecular flexibility index (Phi) is 6.14. The number of likely N-dealkylation sites (tertiary alicyclic amines) is 2. The van der Waals surface area contributed by atoms with Crippen LogP contribution in [0.2, 0.25) is 0 Å². The number of ether oxygens (including phenoxy) is 1. The average Bonchev–Trinajstić information content (AvgIpc) is 3.20. The van der Waals surface area contributed by atoms with Crippen LogP contribution in [0, 0.1) is 12.8 Å². The second-order valence-corrected chi connectivity index (χ2v) is 7.53. The van der Waals surface area contributed by atoms with Gasteiger partial charge in [0.1, 0.15) is 5.75 Å². The van der Waals surface area contributed by atoms with Crippen molar-refractivity contribution in [3.8, 4) is 5.75 Å². The van der Waals surface area contributed by atoms with Crippen LogP contribution in [0.1, 0.15) is 48.5 Å². The fraction of sp³-hybridized carbons (Fsp3) is 0.571. The summed E-state index contributed by atoms with van der Waals surface area (Å²) in [5.41, 5.74) is 1.46. The van der Waals surface area contributed by atoms with Crippen LogP contribution in [0.5, 0.6) is 5.75 Å². The van der Waals surface area contributed by atoms with E-state index in [1.54, 1.807) is 17.0 Å². The number of nitrogens with zero attached hydrogens (tertiary/aromatic N) is 2. The molecule has 0 spiro atoms. The van der Waals surface area contributed by atoms with Crippen molar-refractivity contribution in [1.82, 2.24) is 9.80 Å². The minimum absolute atomic E-state index is 0.0363. The van der Waals surface area contributed by atoms with E-state index in [-0.39, 0.29) is 30.1 Å². The molecular weight excluding hydrogens is 344 g/mol. The van der Waals surface area contributed by atoms with Crippen LogP contribution in [0.4, 0.5) is 0 Å². The van der Waals surface area contributed by atoms with E-state index < -0.39 is 0 Å². The van der Waals surface area contributed by atoms with E-state index in [0.29, 0.717) is 37.2 Å². The van der Waals surface area contributed by atoms with Crippen LogP contribution in [0.3, 0.4) is 0 Å². The predicted molar refractivity (Wildman–Crippen MR) is 102 cm³/mol. The van der Waals surface area contributed by atoms with Gasteiger partial charge in [-0.1, -0.05) is 6.07 Å². The van der Waals surface area contributed by atoms with Crippen molar-refractivity contribution in [3.63, 3.8) is 0 Å². The summed E-state index contributed by atoms with van der Waals surface area (Å²) in [7, 11) is 0. The Morgan fingerprint density at radius 1 is 1.04 bits per heavy atom. The first-order valence-corrected chi connectivity index (χ1v) is 9.76. The average molecular weight is 372 g/mol. The molecule has 3 rings (SSSR count). The van der Waals surface area contributed by atoms with E-state index >= 15 is 0 Å². The second-order valence-electron chi connectivity index (χ2n) is 7.53. The molecule has 0 radical (unpaired) electrons. The monoisotopic (exact) mass is 372 g/mol. The Bertz CT molecular complexity index is 717. The lowest BCUT2D eigenvalue weighted by molar-refractivity contribution is -0.140. The van der Waals surface area contributed by atoms with Crippen molar-refractivity contribution in [2.75, 3.05) is 32.8 Å². The lowest BCUT2D eigenvalue weighted by Crippen LogP contribution is -2.45. The third kappa shape index (κ3) is 4.67. The Hall–Kier alpha value is -2.37. The van der Waals surface area contributed by atoms with Crippen molar-refractivity contribution < 1.29 is 19.1 Å². The molecule has 1 aromatic rings. The summed E-state index contributed by atoms with van der Waals surface area (Å²) >= 11 is 0. The van der Waals surface area contributed by atoms with Crippen molar-refractivity contribution in [2.45, 2.75) is 39.5 Å². The number of Topliss-reactive ketones (excluding diaryl/α,β-unsaturated/α-hetero) is 1. The van der Waals surface area contributed by atoms with Gasteiger partial charge in [-0.3, -0.25) is 14.4 Å². The molecule has 2 saturated heterocycles. The van der Waals surface area contributed by atoms with E-state index in [1.165, 1.54) is 6.92 Å². The van der Waals surface area contributed by atoms with Gasteiger partial charge in [0.25, 0.3) is 5.91 Å². The molecule has 2 fully saturated rings. The van der Waals surface area contributed by atoms with Crippen molar-refractivity contribution >= 4 is 17.6 Å². The van der Waals surface area contributed by atoms with Crippen molar-refractivity contribution in [3.05, 3.63) is 29.3 Å². The first-order chi connectivity index (χ1) is 13.0. The summed E-state index contributed by atoms with van der Waals surface area (Å²) in [5.74, 6) is 0.558. The Balaban J connectivity index is 1.51. The molecule has 0 aliphatic carbocycles. The zero-order valence-corrected chi connectivity index (χ0v) is 16.2. The van der Waals surface area contributed by atoms with Gasteiger partial charge < -0.3 is 14.5 Å². The minimum Gasteiger partial charge on any atom is -0.483 e. The van der Waals surface area contributed by atoms with Gasteiger partial charge in [-0.05, 0) is 57.2 Å². The zero-order chi connectivity index (χ0) is 19.4. The molecule has 1 aromatic carbocycles. The van der Waals surface area contributed by atoms with Crippen LogP contribution < -0.4 is 4.74 Å². The fourth-order valence-corrected chi connectivity index (χ4v) is 3.84. The summed E-state index contributed by atoms with van der Waals surface area (Å²) in [6, 6.07) is 5.37. The third-order valence-corrected chi connectivity index (χ3v) is 5.48. The summed E-state index contributed by atoms with van der Waals surface area (Å²) in [6.07, 6.45) is 3.62. The van der Waals surface area contributed by atoms with Crippen LogP contribution in [0.15, 0.2) is 18.2 Å². The molecule has 0 N–H and O–H groups in total. The molecule has 0 unspecified atom stereocenters. The number of hydrogen-bond donors (Lipinski definition) is 0. The topological polar surface area (TPSA) is 66.9 Å². The number of benzene rings is 1. The SMILES string of the molecule is CC(=O)c1ccc(C)cc1OCC(=O)N1CCC(C(=O)N2CCCC2)CC1. The van der Waals surface area contributed by atoms with Gasteiger partial charge in [0.2, 0.25) is 5.91 Å². The number of carbonyl (C=O) groups excluding carboxylic acids is 3. The van der Waals surface area contributed by atoms with E-state index in [1.807, 2.05) is 17.9 Å². The maximum Gasteiger partial charge on any atom is 0.260 e. The highest BCUT2D eigenvalue weighted by Crippen LogP contribution is 2.23. The van der Waals surface area contributed by atoms with Gasteiger partial charge in [-0.15, -0.1) is 0 Å². The second kappa shape index (κ2) is 8.55. The number of hydrogen-bond acceptors (Lipinski definition) is 4. The largest absolute Gasteiger partial charge is 0.483 e. The normalized spacial score (nSPS) is 17.9. The molecule has 6 heteroatoms. The fourth-order valence-electron chi connectivity index (χ4n) is 3.84. The maximum absolute atomic E-state index is 12.5. The summed E-state index contributed by atoms with van der Waals surface area (Å²) in [5, 5.41) is 0. The van der Waals surface area contributed by atoms with E-state index in [9.17, 15) is 14.4 Å². The number of carbonyl (C=O) groups is 3. The summed E-state index contributed by atoms with van der Waals surface area (Å²) < 4.78 is 5.66. The zero-order valence-electron chi connectivity index (χ0n) is 16.2. The Morgan fingerprint density at radius 3 is 2.33 bits per heavy atom. The molecule has 146 valence electrons. The number of rotatable bonds is 5. The van der Waals surface area contributed by atoms with Crippen LogP contribution in [-0.2, 0) is 9.59 Å². The van der Waals surface area contributed by atoms with Crippen LogP contribution in [-0.4, -0.2) is 60.2 Å². The van der Waals surface area contributed by atoms with Crippen molar-refractivity contribution in [1.29, 1.82) is 0 Å². The standard InChI is InChI=1S/C21H28N2O4/c1-15-5-6-18(16(2)24)19(13-15)27-14-20(25)22-11-7-17(8-12-22)21(26)23-9-3-4-10-23/h5-6,13,17H,3-4,7-12,14H2,1-2H3. The minimum atomic E-state index is -0.0990. The van der Waals surface area contributed by atoms with Gasteiger partial charge in [0, 0.05) is 32.1 Å². The molecule has 2 aliphatic rings.